The number of ether oxygens (including phenoxy) is 1. The summed E-state index contributed by atoms with van der Waals surface area (Å²) in [6.07, 6.45) is 0.942. The molecule has 106 valence electrons. The Morgan fingerprint density at radius 3 is 2.70 bits per heavy atom. The zero-order valence-corrected chi connectivity index (χ0v) is 12.6. The molecular weight excluding hydrogens is 295 g/mol. The summed E-state index contributed by atoms with van der Waals surface area (Å²) >= 11 is 12.1. The first kappa shape index (κ1) is 14.8. The molecule has 0 radical (unpaired) electrons. The van der Waals surface area contributed by atoms with Crippen molar-refractivity contribution >= 4 is 40.3 Å². The quantitative estimate of drug-likeness (QED) is 0.754. The normalized spacial score (nSPS) is 10.3. The molecule has 3 N–H and O–H groups in total. The topological polar surface area (TPSA) is 47.3 Å². The Hall–Kier alpha value is -1.58. The molecule has 2 aromatic rings. The van der Waals surface area contributed by atoms with E-state index in [-0.39, 0.29) is 0 Å². The van der Waals surface area contributed by atoms with Gasteiger partial charge in [0.25, 0.3) is 0 Å². The molecule has 0 atom stereocenters. The third-order valence-corrected chi connectivity index (χ3v) is 3.17. The SMILES string of the molecule is CCCOc1cc(N)cc(Nc2cc(Cl)ccc2Cl)c1. The fourth-order valence-electron chi connectivity index (χ4n) is 1.75. The lowest BCUT2D eigenvalue weighted by atomic mass is 10.2. The van der Waals surface area contributed by atoms with Crippen molar-refractivity contribution in [1.82, 2.24) is 0 Å². The highest BCUT2D eigenvalue weighted by molar-refractivity contribution is 6.35. The van der Waals surface area contributed by atoms with Crippen LogP contribution >= 0.6 is 23.2 Å². The van der Waals surface area contributed by atoms with E-state index in [1.165, 1.54) is 0 Å². The minimum Gasteiger partial charge on any atom is -0.493 e. The van der Waals surface area contributed by atoms with Crippen LogP contribution in [0.5, 0.6) is 5.75 Å². The summed E-state index contributed by atoms with van der Waals surface area (Å²) in [5, 5.41) is 4.40. The highest BCUT2D eigenvalue weighted by Gasteiger charge is 2.04. The summed E-state index contributed by atoms with van der Waals surface area (Å²) in [6.45, 7) is 2.71. The van der Waals surface area contributed by atoms with Crippen molar-refractivity contribution in [2.45, 2.75) is 13.3 Å². The van der Waals surface area contributed by atoms with E-state index in [0.29, 0.717) is 22.3 Å². The van der Waals surface area contributed by atoms with Crippen LogP contribution in [-0.2, 0) is 0 Å². The van der Waals surface area contributed by atoms with Gasteiger partial charge in [-0.25, -0.2) is 0 Å². The van der Waals surface area contributed by atoms with Crippen LogP contribution in [-0.4, -0.2) is 6.61 Å². The number of hydrogen-bond donors (Lipinski definition) is 2. The van der Waals surface area contributed by atoms with E-state index in [1.807, 2.05) is 12.1 Å². The highest BCUT2D eigenvalue weighted by Crippen LogP contribution is 2.31. The molecule has 0 fully saturated rings. The maximum absolute atomic E-state index is 6.13. The summed E-state index contributed by atoms with van der Waals surface area (Å²) < 4.78 is 5.59. The molecule has 0 aromatic heterocycles. The smallest absolute Gasteiger partial charge is 0.123 e. The van der Waals surface area contributed by atoms with Gasteiger partial charge in [0.15, 0.2) is 0 Å². The second-order valence-electron chi connectivity index (χ2n) is 4.39. The maximum Gasteiger partial charge on any atom is 0.123 e. The van der Waals surface area contributed by atoms with Gasteiger partial charge in [-0.1, -0.05) is 30.1 Å². The largest absolute Gasteiger partial charge is 0.493 e. The molecule has 0 saturated heterocycles. The molecule has 0 aliphatic rings. The molecule has 0 saturated carbocycles. The van der Waals surface area contributed by atoms with Gasteiger partial charge in [-0.3, -0.25) is 0 Å². The van der Waals surface area contributed by atoms with Crippen molar-refractivity contribution in [3.8, 4) is 5.75 Å². The molecule has 2 aromatic carbocycles. The molecule has 0 aliphatic heterocycles. The summed E-state index contributed by atoms with van der Waals surface area (Å²) in [7, 11) is 0. The Morgan fingerprint density at radius 2 is 1.95 bits per heavy atom. The van der Waals surface area contributed by atoms with Crippen LogP contribution in [0.15, 0.2) is 36.4 Å². The number of nitrogens with one attached hydrogen (secondary N) is 1. The van der Waals surface area contributed by atoms with E-state index in [0.717, 1.165) is 23.5 Å². The van der Waals surface area contributed by atoms with Crippen LogP contribution < -0.4 is 15.8 Å². The third kappa shape index (κ3) is 3.95. The second kappa shape index (κ2) is 6.73. The average Bonchev–Trinajstić information content (AvgIpc) is 2.40. The fourth-order valence-corrected chi connectivity index (χ4v) is 2.08. The number of halogens is 2. The average molecular weight is 311 g/mol. The molecular formula is C15H16Cl2N2O. The zero-order valence-electron chi connectivity index (χ0n) is 11.1. The molecule has 0 heterocycles. The van der Waals surface area contributed by atoms with Gasteiger partial charge in [0, 0.05) is 28.5 Å². The van der Waals surface area contributed by atoms with Gasteiger partial charge in [-0.15, -0.1) is 0 Å². The van der Waals surface area contributed by atoms with Crippen LogP contribution in [0.1, 0.15) is 13.3 Å². The Morgan fingerprint density at radius 1 is 1.15 bits per heavy atom. The summed E-state index contributed by atoms with van der Waals surface area (Å²) in [5.74, 6) is 0.729. The molecule has 0 amide bonds. The molecule has 20 heavy (non-hydrogen) atoms. The Bertz CT molecular complexity index is 602. The van der Waals surface area contributed by atoms with E-state index in [1.54, 1.807) is 24.3 Å². The zero-order chi connectivity index (χ0) is 14.5. The number of rotatable bonds is 5. The first-order valence-electron chi connectivity index (χ1n) is 6.34. The number of benzene rings is 2. The van der Waals surface area contributed by atoms with E-state index < -0.39 is 0 Å². The second-order valence-corrected chi connectivity index (χ2v) is 5.23. The van der Waals surface area contributed by atoms with Gasteiger partial charge < -0.3 is 15.8 Å². The Labute approximate surface area is 128 Å². The molecule has 0 bridgehead atoms. The monoisotopic (exact) mass is 310 g/mol. The van der Waals surface area contributed by atoms with Crippen LogP contribution in [0, 0.1) is 0 Å². The lowest BCUT2D eigenvalue weighted by Gasteiger charge is -2.12. The summed E-state index contributed by atoms with van der Waals surface area (Å²) in [4.78, 5) is 0. The van der Waals surface area contributed by atoms with Crippen molar-refractivity contribution < 1.29 is 4.74 Å². The maximum atomic E-state index is 6.13. The van der Waals surface area contributed by atoms with Crippen LogP contribution in [0.25, 0.3) is 0 Å². The van der Waals surface area contributed by atoms with Crippen molar-refractivity contribution in [2.75, 3.05) is 17.7 Å². The van der Waals surface area contributed by atoms with E-state index in [2.05, 4.69) is 12.2 Å². The van der Waals surface area contributed by atoms with Gasteiger partial charge >= 0.3 is 0 Å². The third-order valence-electron chi connectivity index (χ3n) is 2.61. The predicted molar refractivity (Wildman–Crippen MR) is 86.4 cm³/mol. The molecule has 2 rings (SSSR count). The molecule has 3 nitrogen and oxygen atoms in total. The number of nitrogens with two attached hydrogens (primary N) is 1. The van der Waals surface area contributed by atoms with Gasteiger partial charge in [0.1, 0.15) is 5.75 Å². The minimum absolute atomic E-state index is 0.591. The van der Waals surface area contributed by atoms with Crippen molar-refractivity contribution in [2.24, 2.45) is 0 Å². The van der Waals surface area contributed by atoms with Crippen LogP contribution in [0.2, 0.25) is 10.0 Å². The highest BCUT2D eigenvalue weighted by atomic mass is 35.5. The van der Waals surface area contributed by atoms with E-state index in [4.69, 9.17) is 33.7 Å². The lowest BCUT2D eigenvalue weighted by Crippen LogP contribution is -1.98. The van der Waals surface area contributed by atoms with Gasteiger partial charge in [0.05, 0.1) is 17.3 Å². The molecule has 0 unspecified atom stereocenters. The minimum atomic E-state index is 0.591. The first-order chi connectivity index (χ1) is 9.58. The fraction of sp³-hybridized carbons (Fsp3) is 0.200. The van der Waals surface area contributed by atoms with Gasteiger partial charge in [-0.05, 0) is 30.7 Å². The molecule has 0 aliphatic carbocycles. The summed E-state index contributed by atoms with van der Waals surface area (Å²) in [5.41, 5.74) is 8.03. The van der Waals surface area contributed by atoms with Gasteiger partial charge in [0.2, 0.25) is 0 Å². The lowest BCUT2D eigenvalue weighted by molar-refractivity contribution is 0.318. The van der Waals surface area contributed by atoms with E-state index in [9.17, 15) is 0 Å². The standard InChI is InChI=1S/C15H16Cl2N2O/c1-2-5-20-13-8-11(18)7-12(9-13)19-15-6-10(16)3-4-14(15)17/h3-4,6-9,19H,2,5,18H2,1H3. The molecule has 5 heteroatoms. The van der Waals surface area contributed by atoms with Crippen molar-refractivity contribution in [3.63, 3.8) is 0 Å². The van der Waals surface area contributed by atoms with Gasteiger partial charge in [-0.2, -0.15) is 0 Å². The Balaban J connectivity index is 2.24. The predicted octanol–water partition coefficient (Wildman–Crippen LogP) is 5.11. The van der Waals surface area contributed by atoms with E-state index >= 15 is 0 Å². The Kier molecular flexibility index (Phi) is 4.99. The van der Waals surface area contributed by atoms with Crippen LogP contribution in [0.4, 0.5) is 17.1 Å². The summed E-state index contributed by atoms with van der Waals surface area (Å²) in [6, 6.07) is 10.7. The molecule has 0 spiro atoms. The number of hydrogen-bond acceptors (Lipinski definition) is 3. The number of nitrogen functional groups attached to an aromatic ring is 1. The number of anilines is 3. The first-order valence-corrected chi connectivity index (χ1v) is 7.09. The van der Waals surface area contributed by atoms with Crippen molar-refractivity contribution in [3.05, 3.63) is 46.4 Å². The van der Waals surface area contributed by atoms with Crippen molar-refractivity contribution in [1.29, 1.82) is 0 Å². The van der Waals surface area contributed by atoms with Crippen LogP contribution in [0.3, 0.4) is 0 Å².